The van der Waals surface area contributed by atoms with Gasteiger partial charge < -0.3 is 5.73 Å². The lowest BCUT2D eigenvalue weighted by Crippen LogP contribution is -1.98. The molecule has 12 heteroatoms. The smallest absolute Gasteiger partial charge is 0.295 e. The van der Waals surface area contributed by atoms with Crippen molar-refractivity contribution in [3.63, 3.8) is 0 Å². The third-order valence-electron chi connectivity index (χ3n) is 4.76. The number of hydrogen-bond donors (Lipinski definition) is 2. The highest BCUT2D eigenvalue weighted by atomic mass is 32.2. The van der Waals surface area contributed by atoms with Crippen molar-refractivity contribution in [1.29, 1.82) is 5.26 Å². The first-order valence-electron chi connectivity index (χ1n) is 9.18. The van der Waals surface area contributed by atoms with Crippen molar-refractivity contribution in [2.75, 3.05) is 5.73 Å². The van der Waals surface area contributed by atoms with E-state index in [1.54, 1.807) is 18.2 Å². The van der Waals surface area contributed by atoms with Gasteiger partial charge in [-0.3, -0.25) is 14.7 Å². The predicted octanol–water partition coefficient (Wildman–Crippen LogP) is 5.59. The Morgan fingerprint density at radius 2 is 1.82 bits per heavy atom. The number of nitrogens with two attached hydrogens (primary N) is 1. The number of thiophene rings is 1. The Balaban J connectivity index is 1.80. The average molecular weight is 479 g/mol. The minimum absolute atomic E-state index is 0.102. The third kappa shape index (κ3) is 4.28. The van der Waals surface area contributed by atoms with Crippen LogP contribution in [0.15, 0.2) is 75.8 Å². The molecule has 0 saturated heterocycles. The highest BCUT2D eigenvalue weighted by Gasteiger charge is 2.19. The lowest BCUT2D eigenvalue weighted by molar-refractivity contribution is -0.384. The standard InChI is InChI=1S/C21H13N5O5S2/c22-11-17-19(13-5-8-15(9-6-13)26(27)28)21(32-20(17)23)25-24-14-7-4-12-2-1-3-18(16(12)10-14)33(29,30)31/h1-10H,23H2,(H,29,30,31). The Bertz CT molecular complexity index is 1590. The first-order valence-corrected chi connectivity index (χ1v) is 11.4. The van der Waals surface area contributed by atoms with Crippen molar-refractivity contribution >= 4 is 53.6 Å². The number of azo groups is 1. The van der Waals surface area contributed by atoms with E-state index >= 15 is 0 Å². The van der Waals surface area contributed by atoms with Gasteiger partial charge in [-0.1, -0.05) is 29.5 Å². The molecule has 0 atom stereocenters. The number of anilines is 1. The number of hydrogen-bond acceptors (Lipinski definition) is 9. The zero-order valence-corrected chi connectivity index (χ0v) is 18.2. The lowest BCUT2D eigenvalue weighted by Gasteiger charge is -2.04. The summed E-state index contributed by atoms with van der Waals surface area (Å²) < 4.78 is 32.9. The van der Waals surface area contributed by atoms with E-state index in [1.807, 2.05) is 6.07 Å². The van der Waals surface area contributed by atoms with Crippen LogP contribution < -0.4 is 5.73 Å². The summed E-state index contributed by atoms with van der Waals surface area (Å²) in [4.78, 5) is 10.1. The molecule has 164 valence electrons. The van der Waals surface area contributed by atoms with Crippen LogP contribution in [-0.2, 0) is 10.1 Å². The van der Waals surface area contributed by atoms with Gasteiger partial charge in [0.15, 0.2) is 0 Å². The predicted molar refractivity (Wildman–Crippen MR) is 123 cm³/mol. The summed E-state index contributed by atoms with van der Waals surface area (Å²) in [7, 11) is -4.44. The van der Waals surface area contributed by atoms with Crippen LogP contribution in [-0.4, -0.2) is 17.9 Å². The van der Waals surface area contributed by atoms with Gasteiger partial charge in [0.1, 0.15) is 21.0 Å². The molecule has 0 saturated carbocycles. The Kier molecular flexibility index (Phi) is 5.60. The second-order valence-electron chi connectivity index (χ2n) is 6.77. The van der Waals surface area contributed by atoms with Crippen molar-refractivity contribution in [3.05, 3.63) is 76.3 Å². The molecule has 4 rings (SSSR count). The fourth-order valence-corrected chi connectivity index (χ4v) is 4.82. The molecule has 33 heavy (non-hydrogen) atoms. The van der Waals surface area contributed by atoms with Gasteiger partial charge in [-0.2, -0.15) is 13.7 Å². The van der Waals surface area contributed by atoms with Crippen molar-refractivity contribution in [3.8, 4) is 17.2 Å². The molecule has 1 aromatic heterocycles. The first kappa shape index (κ1) is 22.0. The fraction of sp³-hybridized carbons (Fsp3) is 0. The highest BCUT2D eigenvalue weighted by molar-refractivity contribution is 7.86. The molecule has 3 N–H and O–H groups in total. The van der Waals surface area contributed by atoms with Crippen LogP contribution in [0.5, 0.6) is 0 Å². The average Bonchev–Trinajstić information content (AvgIpc) is 3.11. The SMILES string of the molecule is N#Cc1c(N)sc(N=Nc2ccc3cccc(S(=O)(=O)O)c3c2)c1-c1ccc([N+](=O)[O-])cc1. The van der Waals surface area contributed by atoms with Gasteiger partial charge in [0.05, 0.1) is 16.2 Å². The van der Waals surface area contributed by atoms with Crippen LogP contribution in [0.3, 0.4) is 0 Å². The van der Waals surface area contributed by atoms with Gasteiger partial charge in [-0.05, 0) is 41.3 Å². The van der Waals surface area contributed by atoms with E-state index in [2.05, 4.69) is 10.2 Å². The summed E-state index contributed by atoms with van der Waals surface area (Å²) in [5.74, 6) is 0. The topological polar surface area (TPSA) is 172 Å². The number of fused-ring (bicyclic) bond motifs is 1. The quantitative estimate of drug-likeness (QED) is 0.162. The zero-order valence-electron chi connectivity index (χ0n) is 16.5. The number of rotatable bonds is 5. The Morgan fingerprint density at radius 1 is 1.09 bits per heavy atom. The number of nitrogens with zero attached hydrogens (tertiary/aromatic N) is 4. The van der Waals surface area contributed by atoms with Gasteiger partial charge >= 0.3 is 0 Å². The van der Waals surface area contributed by atoms with Crippen LogP contribution in [0.1, 0.15) is 5.56 Å². The maximum absolute atomic E-state index is 11.7. The molecule has 0 aliphatic rings. The van der Waals surface area contributed by atoms with Gasteiger partial charge in [0.2, 0.25) is 0 Å². The minimum Gasteiger partial charge on any atom is -0.389 e. The number of nitro groups is 1. The van der Waals surface area contributed by atoms with E-state index in [4.69, 9.17) is 5.73 Å². The van der Waals surface area contributed by atoms with Crippen LogP contribution >= 0.6 is 11.3 Å². The molecule has 1 heterocycles. The second-order valence-corrected chi connectivity index (χ2v) is 9.19. The molecule has 0 aliphatic heterocycles. The molecule has 0 unspecified atom stereocenters. The molecule has 0 aliphatic carbocycles. The minimum atomic E-state index is -4.44. The molecule has 0 fully saturated rings. The molecule has 0 bridgehead atoms. The van der Waals surface area contributed by atoms with Crippen LogP contribution in [0.2, 0.25) is 0 Å². The molecule has 0 spiro atoms. The van der Waals surface area contributed by atoms with Crippen LogP contribution in [0.4, 0.5) is 21.4 Å². The number of non-ortho nitro benzene ring substituents is 1. The van der Waals surface area contributed by atoms with Crippen molar-refractivity contribution < 1.29 is 17.9 Å². The number of nitro benzene ring substituents is 1. The maximum atomic E-state index is 11.7. The van der Waals surface area contributed by atoms with Gasteiger partial charge in [0.25, 0.3) is 15.8 Å². The number of nitriles is 1. The molecule has 3 aromatic carbocycles. The monoisotopic (exact) mass is 479 g/mol. The highest BCUT2D eigenvalue weighted by Crippen LogP contribution is 2.45. The lowest BCUT2D eigenvalue weighted by atomic mass is 10.0. The van der Waals surface area contributed by atoms with Crippen molar-refractivity contribution in [1.82, 2.24) is 0 Å². The fourth-order valence-electron chi connectivity index (χ4n) is 3.26. The molecular formula is C21H13N5O5S2. The normalized spacial score (nSPS) is 11.6. The Labute approximate surface area is 191 Å². The van der Waals surface area contributed by atoms with E-state index in [1.165, 1.54) is 42.5 Å². The summed E-state index contributed by atoms with van der Waals surface area (Å²) >= 11 is 1.03. The summed E-state index contributed by atoms with van der Waals surface area (Å²) in [6.07, 6.45) is 0. The van der Waals surface area contributed by atoms with E-state index in [0.717, 1.165) is 11.3 Å². The molecule has 4 aromatic rings. The van der Waals surface area contributed by atoms with Crippen molar-refractivity contribution in [2.45, 2.75) is 4.90 Å². The van der Waals surface area contributed by atoms with Gasteiger partial charge in [-0.15, -0.1) is 10.2 Å². The summed E-state index contributed by atoms with van der Waals surface area (Å²) in [6, 6.07) is 16.8. The molecule has 0 amide bonds. The van der Waals surface area contributed by atoms with E-state index in [0.29, 0.717) is 27.2 Å². The Morgan fingerprint density at radius 3 is 2.45 bits per heavy atom. The van der Waals surface area contributed by atoms with E-state index in [9.17, 15) is 28.3 Å². The number of nitrogen functional groups attached to an aromatic ring is 1. The van der Waals surface area contributed by atoms with E-state index < -0.39 is 15.0 Å². The zero-order chi connectivity index (χ0) is 23.8. The summed E-state index contributed by atoms with van der Waals surface area (Å²) in [5, 5.41) is 30.2. The van der Waals surface area contributed by atoms with Gasteiger partial charge in [-0.25, -0.2) is 0 Å². The van der Waals surface area contributed by atoms with Gasteiger partial charge in [0, 0.05) is 23.1 Å². The summed E-state index contributed by atoms with van der Waals surface area (Å²) in [5.41, 5.74) is 7.24. The van der Waals surface area contributed by atoms with Crippen LogP contribution in [0, 0.1) is 21.4 Å². The summed E-state index contributed by atoms with van der Waals surface area (Å²) in [6.45, 7) is 0. The van der Waals surface area contributed by atoms with E-state index in [-0.39, 0.29) is 26.5 Å². The largest absolute Gasteiger partial charge is 0.389 e. The molecular weight excluding hydrogens is 466 g/mol. The van der Waals surface area contributed by atoms with Crippen molar-refractivity contribution in [2.24, 2.45) is 10.2 Å². The second kappa shape index (κ2) is 8.40. The van der Waals surface area contributed by atoms with Crippen LogP contribution in [0.25, 0.3) is 21.9 Å². The molecule has 0 radical (unpaired) electrons. The first-order chi connectivity index (χ1) is 15.7. The molecule has 10 nitrogen and oxygen atoms in total. The Hall–Kier alpha value is -4.18. The number of benzene rings is 3. The maximum Gasteiger partial charge on any atom is 0.295 e. The third-order valence-corrected chi connectivity index (χ3v) is 6.57.